The molecule has 4 heteroatoms. The number of anilines is 2. The molecule has 20 heavy (non-hydrogen) atoms. The second-order valence-electron chi connectivity index (χ2n) is 5.10. The van der Waals surface area contributed by atoms with Gasteiger partial charge in [-0.2, -0.15) is 0 Å². The van der Waals surface area contributed by atoms with Crippen LogP contribution < -0.4 is 9.80 Å². The molecule has 0 radical (unpaired) electrons. The Morgan fingerprint density at radius 1 is 0.950 bits per heavy atom. The van der Waals surface area contributed by atoms with Gasteiger partial charge in [-0.1, -0.05) is 18.2 Å². The topological polar surface area (TPSA) is 32.3 Å². The van der Waals surface area contributed by atoms with E-state index in [9.17, 15) is 0 Å². The molecule has 106 valence electrons. The number of hydrogen-bond acceptors (Lipinski definition) is 4. The van der Waals surface area contributed by atoms with Crippen molar-refractivity contribution in [2.45, 2.75) is 13.8 Å². The van der Waals surface area contributed by atoms with Crippen LogP contribution in [0.25, 0.3) is 0 Å². The lowest BCUT2D eigenvalue weighted by Gasteiger charge is -2.25. The number of aryl methyl sites for hydroxylation is 2. The molecule has 0 amide bonds. The van der Waals surface area contributed by atoms with Crippen molar-refractivity contribution in [3.63, 3.8) is 0 Å². The Bertz CT molecular complexity index is 554. The Kier molecular flexibility index (Phi) is 4.56. The molecule has 0 atom stereocenters. The summed E-state index contributed by atoms with van der Waals surface area (Å²) in [6, 6.07) is 10.4. The lowest BCUT2D eigenvalue weighted by Crippen LogP contribution is -2.31. The summed E-state index contributed by atoms with van der Waals surface area (Å²) in [5, 5.41) is 0. The average Bonchev–Trinajstić information content (AvgIpc) is 2.47. The van der Waals surface area contributed by atoms with E-state index in [0.29, 0.717) is 0 Å². The van der Waals surface area contributed by atoms with Gasteiger partial charge in [-0.05, 0) is 26.0 Å². The summed E-state index contributed by atoms with van der Waals surface area (Å²) in [5.41, 5.74) is 3.15. The molecule has 1 aromatic carbocycles. The Morgan fingerprint density at radius 3 is 2.30 bits per heavy atom. The number of rotatable bonds is 5. The summed E-state index contributed by atoms with van der Waals surface area (Å²) in [7, 11) is 4.17. The smallest absolute Gasteiger partial charge is 0.150 e. The fourth-order valence-corrected chi connectivity index (χ4v) is 2.10. The van der Waals surface area contributed by atoms with Crippen molar-refractivity contribution in [2.75, 3.05) is 37.0 Å². The molecular weight excluding hydrogens is 248 g/mol. The van der Waals surface area contributed by atoms with Crippen molar-refractivity contribution in [2.24, 2.45) is 0 Å². The minimum atomic E-state index is 0.907. The predicted molar refractivity (Wildman–Crippen MR) is 84.5 cm³/mol. The number of hydrogen-bond donors (Lipinski definition) is 0. The van der Waals surface area contributed by atoms with Gasteiger partial charge in [0.25, 0.3) is 0 Å². The highest BCUT2D eigenvalue weighted by molar-refractivity contribution is 5.46. The molecular formula is C16H22N4. The van der Waals surface area contributed by atoms with E-state index in [4.69, 9.17) is 0 Å². The van der Waals surface area contributed by atoms with Crippen LogP contribution in [0.5, 0.6) is 0 Å². The molecule has 1 heterocycles. The monoisotopic (exact) mass is 270 g/mol. The van der Waals surface area contributed by atoms with Crippen LogP contribution >= 0.6 is 0 Å². The van der Waals surface area contributed by atoms with Crippen LogP contribution in [0.4, 0.5) is 11.5 Å². The standard InChI is InChI=1S/C16H22N4/c1-13-12-17-14(2)16(18-13)20(4)11-10-19(3)15-8-6-5-7-9-15/h5-9,12H,10-11H2,1-4H3. The van der Waals surface area contributed by atoms with Gasteiger partial charge in [-0.15, -0.1) is 0 Å². The maximum Gasteiger partial charge on any atom is 0.150 e. The van der Waals surface area contributed by atoms with Gasteiger partial charge in [0.1, 0.15) is 5.82 Å². The lowest BCUT2D eigenvalue weighted by molar-refractivity contribution is 0.811. The van der Waals surface area contributed by atoms with Crippen LogP contribution in [-0.2, 0) is 0 Å². The molecule has 0 bridgehead atoms. The van der Waals surface area contributed by atoms with Crippen LogP contribution in [0, 0.1) is 13.8 Å². The highest BCUT2D eigenvalue weighted by Gasteiger charge is 2.09. The second-order valence-corrected chi connectivity index (χ2v) is 5.10. The maximum atomic E-state index is 4.57. The fraction of sp³-hybridized carbons (Fsp3) is 0.375. The summed E-state index contributed by atoms with van der Waals surface area (Å²) in [5.74, 6) is 0.964. The molecule has 2 rings (SSSR count). The van der Waals surface area contributed by atoms with Gasteiger partial charge in [-0.25, -0.2) is 4.98 Å². The molecule has 0 spiro atoms. The van der Waals surface area contributed by atoms with E-state index in [1.807, 2.05) is 26.1 Å². The van der Waals surface area contributed by atoms with E-state index >= 15 is 0 Å². The van der Waals surface area contributed by atoms with Gasteiger partial charge in [-0.3, -0.25) is 4.98 Å². The van der Waals surface area contributed by atoms with Gasteiger partial charge < -0.3 is 9.80 Å². The van der Waals surface area contributed by atoms with E-state index in [0.717, 1.165) is 30.3 Å². The van der Waals surface area contributed by atoms with Gasteiger partial charge in [0.15, 0.2) is 0 Å². The molecule has 0 aliphatic carbocycles. The first-order chi connectivity index (χ1) is 9.58. The van der Waals surface area contributed by atoms with Crippen molar-refractivity contribution in [3.8, 4) is 0 Å². The third-order valence-electron chi connectivity index (χ3n) is 3.38. The number of nitrogens with zero attached hydrogens (tertiary/aromatic N) is 4. The summed E-state index contributed by atoms with van der Waals surface area (Å²) in [6.45, 7) is 5.82. The van der Waals surface area contributed by atoms with Crippen molar-refractivity contribution in [1.82, 2.24) is 9.97 Å². The van der Waals surface area contributed by atoms with Crippen LogP contribution in [0.1, 0.15) is 11.4 Å². The molecule has 1 aromatic heterocycles. The van der Waals surface area contributed by atoms with E-state index in [1.54, 1.807) is 0 Å². The minimum Gasteiger partial charge on any atom is -0.373 e. The molecule has 0 N–H and O–H groups in total. The van der Waals surface area contributed by atoms with Crippen LogP contribution in [0.3, 0.4) is 0 Å². The zero-order valence-electron chi connectivity index (χ0n) is 12.7. The average molecular weight is 270 g/mol. The normalized spacial score (nSPS) is 10.4. The summed E-state index contributed by atoms with van der Waals surface area (Å²) >= 11 is 0. The summed E-state index contributed by atoms with van der Waals surface area (Å²) in [4.78, 5) is 13.3. The quantitative estimate of drug-likeness (QED) is 0.836. The van der Waals surface area contributed by atoms with Crippen molar-refractivity contribution in [1.29, 1.82) is 0 Å². The first-order valence-electron chi connectivity index (χ1n) is 6.85. The highest BCUT2D eigenvalue weighted by atomic mass is 15.2. The molecule has 0 aliphatic heterocycles. The lowest BCUT2D eigenvalue weighted by atomic mass is 10.3. The second kappa shape index (κ2) is 6.37. The predicted octanol–water partition coefficient (Wildman–Crippen LogP) is 2.67. The molecule has 2 aromatic rings. The molecule has 0 aliphatic rings. The van der Waals surface area contributed by atoms with Gasteiger partial charge in [0.05, 0.1) is 11.4 Å². The van der Waals surface area contributed by atoms with E-state index < -0.39 is 0 Å². The van der Waals surface area contributed by atoms with Crippen molar-refractivity contribution in [3.05, 3.63) is 47.9 Å². The molecule has 0 saturated carbocycles. The summed E-state index contributed by atoms with van der Waals surface area (Å²) in [6.07, 6.45) is 1.81. The number of para-hydroxylation sites is 1. The molecule has 0 unspecified atom stereocenters. The molecule has 0 saturated heterocycles. The third kappa shape index (κ3) is 3.47. The van der Waals surface area contributed by atoms with E-state index in [1.165, 1.54) is 5.69 Å². The Labute approximate surface area is 121 Å². The number of aromatic nitrogens is 2. The summed E-state index contributed by atoms with van der Waals surface area (Å²) < 4.78 is 0. The number of likely N-dealkylation sites (N-methyl/N-ethyl adjacent to an activating group) is 2. The first-order valence-corrected chi connectivity index (χ1v) is 6.85. The zero-order valence-corrected chi connectivity index (χ0v) is 12.7. The van der Waals surface area contributed by atoms with E-state index in [2.05, 4.69) is 58.1 Å². The Morgan fingerprint density at radius 2 is 1.60 bits per heavy atom. The molecule has 0 fully saturated rings. The van der Waals surface area contributed by atoms with Crippen LogP contribution in [0.15, 0.2) is 36.5 Å². The van der Waals surface area contributed by atoms with Crippen LogP contribution in [-0.4, -0.2) is 37.2 Å². The highest BCUT2D eigenvalue weighted by Crippen LogP contribution is 2.15. The van der Waals surface area contributed by atoms with E-state index in [-0.39, 0.29) is 0 Å². The fourth-order valence-electron chi connectivity index (χ4n) is 2.10. The molecule has 4 nitrogen and oxygen atoms in total. The SMILES string of the molecule is Cc1cnc(C)c(N(C)CCN(C)c2ccccc2)n1. The third-order valence-corrected chi connectivity index (χ3v) is 3.38. The largest absolute Gasteiger partial charge is 0.373 e. The van der Waals surface area contributed by atoms with Gasteiger partial charge in [0, 0.05) is 39.1 Å². The minimum absolute atomic E-state index is 0.907. The Balaban J connectivity index is 1.98. The van der Waals surface area contributed by atoms with Crippen LogP contribution in [0.2, 0.25) is 0 Å². The Hall–Kier alpha value is -2.10. The van der Waals surface area contributed by atoms with Gasteiger partial charge >= 0.3 is 0 Å². The van der Waals surface area contributed by atoms with Crippen molar-refractivity contribution < 1.29 is 0 Å². The van der Waals surface area contributed by atoms with Gasteiger partial charge in [0.2, 0.25) is 0 Å². The number of benzene rings is 1. The zero-order chi connectivity index (χ0) is 14.5. The first kappa shape index (κ1) is 14.3. The maximum absolute atomic E-state index is 4.57. The van der Waals surface area contributed by atoms with Crippen molar-refractivity contribution >= 4 is 11.5 Å².